The molecule has 0 aliphatic rings. The van der Waals surface area contributed by atoms with Crippen LogP contribution in [0.5, 0.6) is 23.0 Å². The molecule has 3 aromatic carbocycles. The number of aryl methyl sites for hydroxylation is 1. The Morgan fingerprint density at radius 1 is 0.867 bits per heavy atom. The molecule has 0 atom stereocenters. The number of benzene rings is 3. The Balaban J connectivity index is 1.69. The van der Waals surface area contributed by atoms with Crippen LogP contribution in [0.3, 0.4) is 0 Å². The summed E-state index contributed by atoms with van der Waals surface area (Å²) in [6, 6.07) is 15.2. The van der Waals surface area contributed by atoms with Crippen LogP contribution in [0.2, 0.25) is 0 Å². The van der Waals surface area contributed by atoms with E-state index in [1.165, 1.54) is 18.5 Å². The molecule has 0 aliphatic carbocycles. The normalized spacial score (nSPS) is 10.7. The van der Waals surface area contributed by atoms with Crippen molar-refractivity contribution in [3.05, 3.63) is 72.3 Å². The molecule has 0 amide bonds. The molecule has 0 unspecified atom stereocenters. The molecule has 7 heteroatoms. The molecule has 152 valence electrons. The van der Waals surface area contributed by atoms with Crippen LogP contribution in [0.25, 0.3) is 10.9 Å². The zero-order valence-electron chi connectivity index (χ0n) is 16.8. The minimum atomic E-state index is -0.352. The van der Waals surface area contributed by atoms with Crippen LogP contribution in [-0.4, -0.2) is 24.2 Å². The lowest BCUT2D eigenvalue weighted by Crippen LogP contribution is -1.99. The van der Waals surface area contributed by atoms with Gasteiger partial charge in [0.05, 0.1) is 19.7 Å². The second-order valence-corrected chi connectivity index (χ2v) is 6.61. The van der Waals surface area contributed by atoms with Crippen LogP contribution in [0.4, 0.5) is 15.9 Å². The Hall–Kier alpha value is -3.87. The third-order valence-corrected chi connectivity index (χ3v) is 4.63. The highest BCUT2D eigenvalue weighted by Crippen LogP contribution is 2.35. The van der Waals surface area contributed by atoms with E-state index in [1.807, 2.05) is 31.2 Å². The Morgan fingerprint density at radius 2 is 1.63 bits per heavy atom. The summed E-state index contributed by atoms with van der Waals surface area (Å²) in [7, 11) is 3.16. The van der Waals surface area contributed by atoms with Gasteiger partial charge in [0.25, 0.3) is 0 Å². The van der Waals surface area contributed by atoms with Crippen LogP contribution < -0.4 is 19.5 Å². The fourth-order valence-electron chi connectivity index (χ4n) is 3.08. The number of nitrogens with zero attached hydrogens (tertiary/aromatic N) is 2. The van der Waals surface area contributed by atoms with Crippen LogP contribution >= 0.6 is 0 Å². The Morgan fingerprint density at radius 3 is 2.40 bits per heavy atom. The molecule has 1 heterocycles. The lowest BCUT2D eigenvalue weighted by Gasteiger charge is -2.14. The van der Waals surface area contributed by atoms with E-state index in [0.717, 1.165) is 22.2 Å². The number of rotatable bonds is 6. The van der Waals surface area contributed by atoms with E-state index in [-0.39, 0.29) is 5.82 Å². The molecular weight excluding hydrogens is 385 g/mol. The minimum absolute atomic E-state index is 0.352. The largest absolute Gasteiger partial charge is 0.493 e. The first-order valence-electron chi connectivity index (χ1n) is 9.25. The van der Waals surface area contributed by atoms with E-state index < -0.39 is 0 Å². The van der Waals surface area contributed by atoms with Gasteiger partial charge in [0.1, 0.15) is 29.5 Å². The van der Waals surface area contributed by atoms with E-state index in [9.17, 15) is 4.39 Å². The number of hydrogen-bond donors (Lipinski definition) is 1. The number of ether oxygens (including phenoxy) is 3. The molecule has 0 saturated heterocycles. The lowest BCUT2D eigenvalue weighted by molar-refractivity contribution is 0.356. The maximum atomic E-state index is 13.4. The van der Waals surface area contributed by atoms with Crippen molar-refractivity contribution in [1.29, 1.82) is 0 Å². The van der Waals surface area contributed by atoms with Crippen molar-refractivity contribution in [2.75, 3.05) is 19.5 Å². The highest BCUT2D eigenvalue weighted by atomic mass is 19.1. The van der Waals surface area contributed by atoms with Crippen molar-refractivity contribution in [2.45, 2.75) is 6.92 Å². The second-order valence-electron chi connectivity index (χ2n) is 6.61. The van der Waals surface area contributed by atoms with E-state index >= 15 is 0 Å². The highest BCUT2D eigenvalue weighted by Gasteiger charge is 2.12. The zero-order valence-corrected chi connectivity index (χ0v) is 16.8. The zero-order chi connectivity index (χ0) is 21.1. The molecule has 0 fully saturated rings. The third kappa shape index (κ3) is 3.96. The number of halogens is 1. The van der Waals surface area contributed by atoms with Gasteiger partial charge in [-0.3, -0.25) is 0 Å². The van der Waals surface area contributed by atoms with Gasteiger partial charge in [-0.1, -0.05) is 12.1 Å². The summed E-state index contributed by atoms with van der Waals surface area (Å²) in [6.45, 7) is 1.97. The standard InChI is InChI=1S/C23H20FN3O3/c1-14-7-8-17(30-16-6-4-5-15(24)9-16)10-19(14)27-23-18-11-21(28-2)22(29-3)12-20(18)25-13-26-23/h4-13H,1-3H3,(H,25,26,27). The molecule has 4 aromatic rings. The summed E-state index contributed by atoms with van der Waals surface area (Å²) in [4.78, 5) is 8.72. The maximum absolute atomic E-state index is 13.4. The molecule has 1 aromatic heterocycles. The van der Waals surface area contributed by atoms with Gasteiger partial charge in [0.2, 0.25) is 0 Å². The van der Waals surface area contributed by atoms with Gasteiger partial charge in [-0.05, 0) is 36.8 Å². The third-order valence-electron chi connectivity index (χ3n) is 4.63. The SMILES string of the molecule is COc1cc2ncnc(Nc3cc(Oc4cccc(F)c4)ccc3C)c2cc1OC. The minimum Gasteiger partial charge on any atom is -0.493 e. The first-order valence-corrected chi connectivity index (χ1v) is 9.25. The quantitative estimate of drug-likeness (QED) is 0.448. The van der Waals surface area contributed by atoms with Gasteiger partial charge in [0, 0.05) is 29.3 Å². The smallest absolute Gasteiger partial charge is 0.162 e. The van der Waals surface area contributed by atoms with Crippen molar-refractivity contribution in [3.63, 3.8) is 0 Å². The Labute approximate surface area is 173 Å². The van der Waals surface area contributed by atoms with E-state index in [4.69, 9.17) is 14.2 Å². The number of hydrogen-bond acceptors (Lipinski definition) is 6. The topological polar surface area (TPSA) is 65.5 Å². The molecule has 1 N–H and O–H groups in total. The van der Waals surface area contributed by atoms with Crippen molar-refractivity contribution in [3.8, 4) is 23.0 Å². The van der Waals surface area contributed by atoms with Gasteiger partial charge in [0.15, 0.2) is 11.5 Å². The molecule has 0 spiro atoms. The van der Waals surface area contributed by atoms with E-state index in [1.54, 1.807) is 32.4 Å². The molecule has 4 rings (SSSR count). The molecule has 0 bridgehead atoms. The Bertz CT molecular complexity index is 1210. The van der Waals surface area contributed by atoms with Gasteiger partial charge in [-0.2, -0.15) is 0 Å². The van der Waals surface area contributed by atoms with Crippen LogP contribution in [0.1, 0.15) is 5.56 Å². The number of anilines is 2. The monoisotopic (exact) mass is 405 g/mol. The molecule has 30 heavy (non-hydrogen) atoms. The Kier molecular flexibility index (Phi) is 5.34. The molecule has 0 radical (unpaired) electrons. The van der Waals surface area contributed by atoms with Crippen LogP contribution in [0, 0.1) is 12.7 Å². The first kappa shape index (κ1) is 19.4. The van der Waals surface area contributed by atoms with Gasteiger partial charge in [-0.15, -0.1) is 0 Å². The molecule has 0 aliphatic heterocycles. The summed E-state index contributed by atoms with van der Waals surface area (Å²) in [5, 5.41) is 4.12. The maximum Gasteiger partial charge on any atom is 0.162 e. The average molecular weight is 405 g/mol. The van der Waals surface area contributed by atoms with E-state index in [2.05, 4.69) is 15.3 Å². The lowest BCUT2D eigenvalue weighted by atomic mass is 10.1. The van der Waals surface area contributed by atoms with Gasteiger partial charge >= 0.3 is 0 Å². The predicted octanol–water partition coefficient (Wildman–Crippen LogP) is 5.63. The molecular formula is C23H20FN3O3. The number of methoxy groups -OCH3 is 2. The van der Waals surface area contributed by atoms with Gasteiger partial charge < -0.3 is 19.5 Å². The van der Waals surface area contributed by atoms with E-state index in [0.29, 0.717) is 28.8 Å². The highest BCUT2D eigenvalue weighted by molar-refractivity contribution is 5.93. The van der Waals surface area contributed by atoms with Crippen molar-refractivity contribution >= 4 is 22.4 Å². The van der Waals surface area contributed by atoms with Crippen molar-refractivity contribution in [1.82, 2.24) is 9.97 Å². The average Bonchev–Trinajstić information content (AvgIpc) is 2.75. The number of fused-ring (bicyclic) bond motifs is 1. The molecule has 6 nitrogen and oxygen atoms in total. The predicted molar refractivity (Wildman–Crippen MR) is 114 cm³/mol. The first-order chi connectivity index (χ1) is 14.6. The summed E-state index contributed by atoms with van der Waals surface area (Å²) in [5.74, 6) is 2.45. The van der Waals surface area contributed by atoms with Crippen LogP contribution in [0.15, 0.2) is 60.9 Å². The fraction of sp³-hybridized carbons (Fsp3) is 0.130. The molecule has 0 saturated carbocycles. The summed E-state index contributed by atoms with van der Waals surface area (Å²) in [6.07, 6.45) is 1.49. The fourth-order valence-corrected chi connectivity index (χ4v) is 3.08. The van der Waals surface area contributed by atoms with Crippen molar-refractivity contribution < 1.29 is 18.6 Å². The second kappa shape index (κ2) is 8.24. The number of aromatic nitrogens is 2. The summed E-state index contributed by atoms with van der Waals surface area (Å²) >= 11 is 0. The van der Waals surface area contributed by atoms with Crippen LogP contribution in [-0.2, 0) is 0 Å². The van der Waals surface area contributed by atoms with Gasteiger partial charge in [-0.25, -0.2) is 14.4 Å². The summed E-state index contributed by atoms with van der Waals surface area (Å²) < 4.78 is 30.0. The number of nitrogens with one attached hydrogen (secondary N) is 1. The summed E-state index contributed by atoms with van der Waals surface area (Å²) in [5.41, 5.74) is 2.52. The van der Waals surface area contributed by atoms with Crippen molar-refractivity contribution in [2.24, 2.45) is 0 Å².